The van der Waals surface area contributed by atoms with Gasteiger partial charge in [-0.25, -0.2) is 9.97 Å². The lowest BCUT2D eigenvalue weighted by molar-refractivity contribution is 0.128. The molecule has 0 saturated heterocycles. The van der Waals surface area contributed by atoms with Crippen LogP contribution >= 0.6 is 0 Å². The number of nitrogens with one attached hydrogen (secondary N) is 2. The van der Waals surface area contributed by atoms with E-state index in [1.54, 1.807) is 6.20 Å². The van der Waals surface area contributed by atoms with Crippen LogP contribution in [0.25, 0.3) is 0 Å². The number of ether oxygens (including phenoxy) is 1. The van der Waals surface area contributed by atoms with Crippen molar-refractivity contribution in [3.63, 3.8) is 0 Å². The average Bonchev–Trinajstić information content (AvgIpc) is 2.52. The second-order valence-corrected chi connectivity index (χ2v) is 4.40. The van der Waals surface area contributed by atoms with E-state index < -0.39 is 0 Å². The van der Waals surface area contributed by atoms with Gasteiger partial charge in [-0.2, -0.15) is 0 Å². The minimum atomic E-state index is 0.411. The highest BCUT2D eigenvalue weighted by molar-refractivity contribution is 5.47. The third-order valence-electron chi connectivity index (χ3n) is 2.74. The first-order valence-electron chi connectivity index (χ1n) is 7.15. The third-order valence-corrected chi connectivity index (χ3v) is 2.74. The first-order chi connectivity index (χ1) is 10.3. The summed E-state index contributed by atoms with van der Waals surface area (Å²) < 4.78 is 5.38. The quantitative estimate of drug-likeness (QED) is 0.777. The number of nitrogens with zero attached hydrogens (tertiary/aromatic N) is 3. The number of pyridine rings is 1. The Hall–Kier alpha value is -2.21. The molecule has 2 aromatic rings. The molecule has 2 N–H and O–H groups in total. The number of rotatable bonds is 8. The highest BCUT2D eigenvalue weighted by atomic mass is 16.5. The maximum absolute atomic E-state index is 5.38. The lowest BCUT2D eigenvalue weighted by Gasteiger charge is -2.10. The summed E-state index contributed by atoms with van der Waals surface area (Å²) in [5.74, 6) is 2.23. The van der Waals surface area contributed by atoms with Gasteiger partial charge in [0.2, 0.25) is 0 Å². The van der Waals surface area contributed by atoms with Gasteiger partial charge in [-0.15, -0.1) is 0 Å². The number of aromatic nitrogens is 3. The molecule has 0 spiro atoms. The van der Waals surface area contributed by atoms with E-state index in [-0.39, 0.29) is 0 Å². The number of anilines is 2. The van der Waals surface area contributed by atoms with E-state index in [4.69, 9.17) is 4.74 Å². The van der Waals surface area contributed by atoms with Gasteiger partial charge in [-0.3, -0.25) is 4.98 Å². The molecule has 0 amide bonds. The molecule has 6 heteroatoms. The van der Waals surface area contributed by atoms with Crippen molar-refractivity contribution in [3.05, 3.63) is 42.0 Å². The summed E-state index contributed by atoms with van der Waals surface area (Å²) in [7, 11) is 0. The van der Waals surface area contributed by atoms with Gasteiger partial charge in [-0.1, -0.05) is 6.07 Å². The van der Waals surface area contributed by atoms with Crippen molar-refractivity contribution in [2.45, 2.75) is 27.0 Å². The minimum Gasteiger partial charge on any atom is -0.374 e. The van der Waals surface area contributed by atoms with E-state index in [9.17, 15) is 0 Å². The molecule has 2 heterocycles. The Kier molecular flexibility index (Phi) is 5.90. The van der Waals surface area contributed by atoms with Crippen LogP contribution in [0.15, 0.2) is 30.5 Å². The van der Waals surface area contributed by atoms with Crippen LogP contribution in [0, 0.1) is 0 Å². The normalized spacial score (nSPS) is 10.4. The SMILES string of the molecule is CCNc1cc(NCc2ccccn2)nc(COCC)n1. The predicted molar refractivity (Wildman–Crippen MR) is 83.1 cm³/mol. The van der Waals surface area contributed by atoms with Gasteiger partial charge in [-0.05, 0) is 26.0 Å². The summed E-state index contributed by atoms with van der Waals surface area (Å²) in [6, 6.07) is 7.73. The molecule has 0 atom stereocenters. The fourth-order valence-electron chi connectivity index (χ4n) is 1.80. The van der Waals surface area contributed by atoms with Crippen molar-refractivity contribution in [2.75, 3.05) is 23.8 Å². The molecular formula is C15H21N5O. The Bertz CT molecular complexity index is 547. The average molecular weight is 287 g/mol. The lowest BCUT2D eigenvalue weighted by Crippen LogP contribution is -2.09. The molecule has 0 aliphatic heterocycles. The molecule has 6 nitrogen and oxygen atoms in total. The number of hydrogen-bond acceptors (Lipinski definition) is 6. The van der Waals surface area contributed by atoms with Crippen molar-refractivity contribution in [2.24, 2.45) is 0 Å². The van der Waals surface area contributed by atoms with E-state index in [1.165, 1.54) is 0 Å². The van der Waals surface area contributed by atoms with Crippen LogP contribution in [0.5, 0.6) is 0 Å². The Balaban J connectivity index is 2.07. The molecule has 0 saturated carbocycles. The molecule has 0 aromatic carbocycles. The summed E-state index contributed by atoms with van der Waals surface area (Å²) in [5.41, 5.74) is 0.965. The zero-order valence-corrected chi connectivity index (χ0v) is 12.5. The maximum atomic E-state index is 5.38. The van der Waals surface area contributed by atoms with Crippen LogP contribution in [0.3, 0.4) is 0 Å². The standard InChI is InChI=1S/C15H21N5O/c1-3-16-13-9-14(20-15(19-13)11-21-4-2)18-10-12-7-5-6-8-17-12/h5-9H,3-4,10-11H2,1-2H3,(H2,16,18,19,20). The predicted octanol–water partition coefficient (Wildman–Crippen LogP) is 2.45. The molecule has 2 rings (SSSR count). The Morgan fingerprint density at radius 1 is 1.10 bits per heavy atom. The van der Waals surface area contributed by atoms with Crippen molar-refractivity contribution in [1.29, 1.82) is 0 Å². The van der Waals surface area contributed by atoms with Crippen LogP contribution < -0.4 is 10.6 Å². The first kappa shape index (κ1) is 15.2. The Labute approximate surface area is 125 Å². The molecule has 112 valence electrons. The maximum Gasteiger partial charge on any atom is 0.158 e. The van der Waals surface area contributed by atoms with Gasteiger partial charge >= 0.3 is 0 Å². The largest absolute Gasteiger partial charge is 0.374 e. The van der Waals surface area contributed by atoms with Crippen LogP contribution in [-0.2, 0) is 17.9 Å². The smallest absolute Gasteiger partial charge is 0.158 e. The van der Waals surface area contributed by atoms with Gasteiger partial charge in [0, 0.05) is 25.4 Å². The molecular weight excluding hydrogens is 266 g/mol. The fourth-order valence-corrected chi connectivity index (χ4v) is 1.80. The third kappa shape index (κ3) is 5.00. The Morgan fingerprint density at radius 3 is 2.57 bits per heavy atom. The highest BCUT2D eigenvalue weighted by Gasteiger charge is 2.05. The summed E-state index contributed by atoms with van der Waals surface area (Å²) in [6.45, 7) is 6.47. The van der Waals surface area contributed by atoms with Crippen molar-refractivity contribution >= 4 is 11.6 Å². The van der Waals surface area contributed by atoms with E-state index >= 15 is 0 Å². The highest BCUT2D eigenvalue weighted by Crippen LogP contribution is 2.13. The molecule has 0 radical (unpaired) electrons. The van der Waals surface area contributed by atoms with Crippen LogP contribution in [0.4, 0.5) is 11.6 Å². The molecule has 21 heavy (non-hydrogen) atoms. The minimum absolute atomic E-state index is 0.411. The lowest BCUT2D eigenvalue weighted by atomic mass is 10.3. The zero-order valence-electron chi connectivity index (χ0n) is 12.5. The van der Waals surface area contributed by atoms with E-state index in [0.29, 0.717) is 25.6 Å². The van der Waals surface area contributed by atoms with E-state index in [0.717, 1.165) is 23.9 Å². The van der Waals surface area contributed by atoms with Crippen LogP contribution in [0.2, 0.25) is 0 Å². The van der Waals surface area contributed by atoms with Crippen molar-refractivity contribution in [1.82, 2.24) is 15.0 Å². The molecule has 2 aromatic heterocycles. The monoisotopic (exact) mass is 287 g/mol. The molecule has 0 aliphatic rings. The molecule has 0 aliphatic carbocycles. The molecule has 0 bridgehead atoms. The zero-order chi connectivity index (χ0) is 14.9. The van der Waals surface area contributed by atoms with Crippen LogP contribution in [-0.4, -0.2) is 28.1 Å². The van der Waals surface area contributed by atoms with E-state index in [2.05, 4.69) is 25.6 Å². The summed E-state index contributed by atoms with van der Waals surface area (Å²) in [6.07, 6.45) is 1.78. The first-order valence-corrected chi connectivity index (χ1v) is 7.15. The second kappa shape index (κ2) is 8.16. The van der Waals surface area contributed by atoms with Gasteiger partial charge in [0.1, 0.15) is 18.2 Å². The van der Waals surface area contributed by atoms with Crippen LogP contribution in [0.1, 0.15) is 25.4 Å². The fraction of sp³-hybridized carbons (Fsp3) is 0.400. The topological polar surface area (TPSA) is 72.0 Å². The van der Waals surface area contributed by atoms with Crippen molar-refractivity contribution in [3.8, 4) is 0 Å². The van der Waals surface area contributed by atoms with Gasteiger partial charge in [0.25, 0.3) is 0 Å². The summed E-state index contributed by atoms with van der Waals surface area (Å²) >= 11 is 0. The summed E-state index contributed by atoms with van der Waals surface area (Å²) in [5, 5.41) is 6.47. The van der Waals surface area contributed by atoms with Crippen molar-refractivity contribution < 1.29 is 4.74 Å². The number of hydrogen-bond donors (Lipinski definition) is 2. The molecule has 0 fully saturated rings. The van der Waals surface area contributed by atoms with E-state index in [1.807, 2.05) is 38.1 Å². The molecule has 0 unspecified atom stereocenters. The second-order valence-electron chi connectivity index (χ2n) is 4.40. The summed E-state index contributed by atoms with van der Waals surface area (Å²) in [4.78, 5) is 13.1. The van der Waals surface area contributed by atoms with Gasteiger partial charge < -0.3 is 15.4 Å². The Morgan fingerprint density at radius 2 is 1.90 bits per heavy atom. The van der Waals surface area contributed by atoms with Gasteiger partial charge in [0.05, 0.1) is 12.2 Å². The van der Waals surface area contributed by atoms with Gasteiger partial charge in [0.15, 0.2) is 5.82 Å².